The number of ether oxygens (including phenoxy) is 1. The Morgan fingerprint density at radius 2 is 2.32 bits per heavy atom. The van der Waals surface area contributed by atoms with Crippen LogP contribution >= 0.6 is 11.3 Å². The molecule has 3 rings (SSSR count). The van der Waals surface area contributed by atoms with Crippen molar-refractivity contribution in [3.05, 3.63) is 46.5 Å². The van der Waals surface area contributed by atoms with Crippen molar-refractivity contribution in [2.24, 2.45) is 0 Å². The zero-order valence-corrected chi connectivity index (χ0v) is 13.5. The SMILES string of the molecule is CCC1c2ccccc2CN1C(=O)Nc1nc(COC)cs1. The highest BCUT2D eigenvalue weighted by atomic mass is 32.1. The highest BCUT2D eigenvalue weighted by Gasteiger charge is 2.32. The second kappa shape index (κ2) is 6.46. The summed E-state index contributed by atoms with van der Waals surface area (Å²) in [5, 5.41) is 5.41. The van der Waals surface area contributed by atoms with Crippen molar-refractivity contribution in [2.45, 2.75) is 32.5 Å². The van der Waals surface area contributed by atoms with Crippen LogP contribution in [0.2, 0.25) is 0 Å². The molecule has 1 atom stereocenters. The number of anilines is 1. The van der Waals surface area contributed by atoms with Crippen molar-refractivity contribution in [3.63, 3.8) is 0 Å². The van der Waals surface area contributed by atoms with Crippen LogP contribution in [0.4, 0.5) is 9.93 Å². The number of thiazole rings is 1. The van der Waals surface area contributed by atoms with Crippen LogP contribution in [0.1, 0.15) is 36.2 Å². The van der Waals surface area contributed by atoms with E-state index in [-0.39, 0.29) is 12.1 Å². The van der Waals surface area contributed by atoms with Crippen LogP contribution in [0.3, 0.4) is 0 Å². The summed E-state index contributed by atoms with van der Waals surface area (Å²) in [6, 6.07) is 8.28. The molecule has 6 heteroatoms. The Bertz CT molecular complexity index is 671. The zero-order valence-electron chi connectivity index (χ0n) is 12.7. The Labute approximate surface area is 133 Å². The molecule has 0 bridgehead atoms. The Kier molecular flexibility index (Phi) is 4.40. The van der Waals surface area contributed by atoms with Gasteiger partial charge in [0.15, 0.2) is 5.13 Å². The van der Waals surface area contributed by atoms with Crippen LogP contribution in [0, 0.1) is 0 Å². The zero-order chi connectivity index (χ0) is 15.5. The van der Waals surface area contributed by atoms with Gasteiger partial charge in [-0.15, -0.1) is 11.3 Å². The summed E-state index contributed by atoms with van der Waals surface area (Å²) in [5.74, 6) is 0. The van der Waals surface area contributed by atoms with Gasteiger partial charge >= 0.3 is 6.03 Å². The number of urea groups is 1. The van der Waals surface area contributed by atoms with E-state index in [1.54, 1.807) is 7.11 Å². The summed E-state index contributed by atoms with van der Waals surface area (Å²) in [4.78, 5) is 18.8. The molecule has 2 aromatic rings. The van der Waals surface area contributed by atoms with Crippen LogP contribution < -0.4 is 5.32 Å². The van der Waals surface area contributed by atoms with Crippen LogP contribution in [-0.2, 0) is 17.9 Å². The Hall–Kier alpha value is -1.92. The fourth-order valence-electron chi connectivity index (χ4n) is 2.86. The third kappa shape index (κ3) is 2.84. The van der Waals surface area contributed by atoms with Gasteiger partial charge < -0.3 is 9.64 Å². The van der Waals surface area contributed by atoms with Crippen molar-refractivity contribution < 1.29 is 9.53 Å². The quantitative estimate of drug-likeness (QED) is 0.933. The van der Waals surface area contributed by atoms with Crippen molar-refractivity contribution in [2.75, 3.05) is 12.4 Å². The number of nitrogens with one attached hydrogen (secondary N) is 1. The minimum absolute atomic E-state index is 0.0960. The Morgan fingerprint density at radius 1 is 1.50 bits per heavy atom. The lowest BCUT2D eigenvalue weighted by Gasteiger charge is -2.23. The van der Waals surface area contributed by atoms with E-state index in [1.807, 2.05) is 22.4 Å². The molecule has 116 valence electrons. The maximum absolute atomic E-state index is 12.6. The number of methoxy groups -OCH3 is 1. The smallest absolute Gasteiger partial charge is 0.324 e. The van der Waals surface area contributed by atoms with Crippen LogP contribution in [0.15, 0.2) is 29.6 Å². The molecule has 0 saturated carbocycles. The summed E-state index contributed by atoms with van der Waals surface area (Å²) in [6.07, 6.45) is 0.900. The van der Waals surface area contributed by atoms with Gasteiger partial charge in [0.25, 0.3) is 0 Å². The number of rotatable bonds is 4. The molecule has 2 amide bonds. The third-order valence-corrected chi connectivity index (χ3v) is 4.64. The fraction of sp³-hybridized carbons (Fsp3) is 0.375. The predicted octanol–water partition coefficient (Wildman–Crippen LogP) is 3.79. The molecule has 0 aliphatic carbocycles. The largest absolute Gasteiger partial charge is 0.378 e. The fourth-order valence-corrected chi connectivity index (χ4v) is 3.54. The van der Waals surface area contributed by atoms with Crippen LogP contribution in [-0.4, -0.2) is 23.0 Å². The first-order chi connectivity index (χ1) is 10.7. The van der Waals surface area contributed by atoms with Gasteiger partial charge in [-0.25, -0.2) is 9.78 Å². The molecule has 5 nitrogen and oxygen atoms in total. The van der Waals surface area contributed by atoms with Gasteiger partial charge in [0.05, 0.1) is 18.3 Å². The normalized spacial score (nSPS) is 16.6. The minimum atomic E-state index is -0.0960. The summed E-state index contributed by atoms with van der Waals surface area (Å²) in [6.45, 7) is 3.21. The Balaban J connectivity index is 1.72. The molecule has 1 unspecified atom stereocenters. The lowest BCUT2D eigenvalue weighted by Crippen LogP contribution is -2.33. The van der Waals surface area contributed by atoms with Gasteiger partial charge in [0.2, 0.25) is 0 Å². The van der Waals surface area contributed by atoms with E-state index >= 15 is 0 Å². The summed E-state index contributed by atoms with van der Waals surface area (Å²) >= 11 is 1.42. The molecule has 1 aromatic heterocycles. The number of benzene rings is 1. The van der Waals surface area contributed by atoms with Crippen molar-refractivity contribution >= 4 is 22.5 Å². The Morgan fingerprint density at radius 3 is 3.09 bits per heavy atom. The molecular formula is C16H19N3O2S. The molecule has 0 spiro atoms. The highest BCUT2D eigenvalue weighted by molar-refractivity contribution is 7.13. The lowest BCUT2D eigenvalue weighted by molar-refractivity contribution is 0.182. The minimum Gasteiger partial charge on any atom is -0.378 e. The van der Waals surface area contributed by atoms with Crippen LogP contribution in [0.25, 0.3) is 0 Å². The summed E-state index contributed by atoms with van der Waals surface area (Å²) in [7, 11) is 1.63. The number of carbonyl (C=O) groups is 1. The summed E-state index contributed by atoms with van der Waals surface area (Å²) in [5.41, 5.74) is 3.31. The standard InChI is InChI=1S/C16H19N3O2S/c1-3-14-13-7-5-4-6-11(13)8-19(14)16(20)18-15-17-12(9-21-2)10-22-15/h4-7,10,14H,3,8-9H2,1-2H3,(H,17,18,20). The average molecular weight is 317 g/mol. The number of amides is 2. The van der Waals surface area contributed by atoms with Gasteiger partial charge in [-0.05, 0) is 17.5 Å². The molecule has 0 saturated heterocycles. The number of hydrogen-bond acceptors (Lipinski definition) is 4. The first-order valence-corrected chi connectivity index (χ1v) is 8.19. The topological polar surface area (TPSA) is 54.5 Å². The molecule has 1 aromatic carbocycles. The molecule has 1 N–H and O–H groups in total. The molecule has 0 fully saturated rings. The number of hydrogen-bond donors (Lipinski definition) is 1. The third-order valence-electron chi connectivity index (χ3n) is 3.84. The van der Waals surface area contributed by atoms with Crippen molar-refractivity contribution in [1.29, 1.82) is 0 Å². The van der Waals surface area contributed by atoms with E-state index < -0.39 is 0 Å². The number of aromatic nitrogens is 1. The molecule has 1 aliphatic rings. The van der Waals surface area contributed by atoms with E-state index in [1.165, 1.54) is 22.5 Å². The predicted molar refractivity (Wildman–Crippen MR) is 86.9 cm³/mol. The lowest BCUT2D eigenvalue weighted by atomic mass is 10.0. The van der Waals surface area contributed by atoms with E-state index in [0.29, 0.717) is 18.3 Å². The number of nitrogens with zero attached hydrogens (tertiary/aromatic N) is 2. The maximum Gasteiger partial charge on any atom is 0.324 e. The number of carbonyl (C=O) groups excluding carboxylic acids is 1. The van der Waals surface area contributed by atoms with Crippen molar-refractivity contribution in [1.82, 2.24) is 9.88 Å². The van der Waals surface area contributed by atoms with Gasteiger partial charge in [-0.2, -0.15) is 0 Å². The van der Waals surface area contributed by atoms with Gasteiger partial charge in [0, 0.05) is 19.0 Å². The highest BCUT2D eigenvalue weighted by Crippen LogP contribution is 2.36. The monoisotopic (exact) mass is 317 g/mol. The summed E-state index contributed by atoms with van der Waals surface area (Å²) < 4.78 is 5.04. The first-order valence-electron chi connectivity index (χ1n) is 7.31. The second-order valence-corrected chi connectivity index (χ2v) is 6.12. The average Bonchev–Trinajstić information content (AvgIpc) is 3.11. The van der Waals surface area contributed by atoms with Gasteiger partial charge in [-0.3, -0.25) is 5.32 Å². The molecular weight excluding hydrogens is 298 g/mol. The molecule has 2 heterocycles. The molecule has 22 heavy (non-hydrogen) atoms. The van der Waals surface area contributed by atoms with E-state index in [0.717, 1.165) is 12.1 Å². The molecule has 1 aliphatic heterocycles. The maximum atomic E-state index is 12.6. The second-order valence-electron chi connectivity index (χ2n) is 5.26. The van der Waals surface area contributed by atoms with Gasteiger partial charge in [-0.1, -0.05) is 31.2 Å². The van der Waals surface area contributed by atoms with Crippen molar-refractivity contribution in [3.8, 4) is 0 Å². The van der Waals surface area contributed by atoms with E-state index in [4.69, 9.17) is 4.74 Å². The molecule has 0 radical (unpaired) electrons. The van der Waals surface area contributed by atoms with Gasteiger partial charge in [0.1, 0.15) is 0 Å². The van der Waals surface area contributed by atoms with Crippen LogP contribution in [0.5, 0.6) is 0 Å². The number of fused-ring (bicyclic) bond motifs is 1. The first kappa shape index (κ1) is 15.0. The van der Waals surface area contributed by atoms with E-state index in [2.05, 4.69) is 29.4 Å². The van der Waals surface area contributed by atoms with E-state index in [9.17, 15) is 4.79 Å².